The topological polar surface area (TPSA) is 69.2 Å². The van der Waals surface area contributed by atoms with Gasteiger partial charge in [0.2, 0.25) is 0 Å². The van der Waals surface area contributed by atoms with E-state index in [2.05, 4.69) is 0 Å². The molecule has 0 saturated heterocycles. The fourth-order valence-electron chi connectivity index (χ4n) is 2.80. The maximum atomic E-state index is 10.7. The van der Waals surface area contributed by atoms with Crippen LogP contribution >= 0.6 is 0 Å². The molecule has 0 amide bonds. The molecule has 4 heteroatoms. The van der Waals surface area contributed by atoms with Crippen molar-refractivity contribution in [2.75, 3.05) is 0 Å². The molecule has 28 heavy (non-hydrogen) atoms. The Hall–Kier alpha value is -2.41. The molecular formula is C24H27AlO3. The van der Waals surface area contributed by atoms with E-state index in [1.54, 1.807) is 36.4 Å². The zero-order valence-electron chi connectivity index (χ0n) is 17.5. The standard InChI is InChI=1S/3C8H10O.Al/c3*1-6-3-7(2)5-8(9)4-6;/h3*3-5,9H,1-2H3;/q;;;+3/p-3. The van der Waals surface area contributed by atoms with Gasteiger partial charge in [-0.05, 0) is 41.5 Å². The molecule has 0 heterocycles. The summed E-state index contributed by atoms with van der Waals surface area (Å²) in [7, 11) is 0. The van der Waals surface area contributed by atoms with Gasteiger partial charge in [-0.25, -0.2) is 0 Å². The van der Waals surface area contributed by atoms with Crippen molar-refractivity contribution in [3.8, 4) is 17.2 Å². The molecule has 0 aliphatic rings. The molecule has 3 aromatic carbocycles. The predicted octanol–water partition coefficient (Wildman–Crippen LogP) is 3.75. The van der Waals surface area contributed by atoms with Crippen LogP contribution in [0.2, 0.25) is 0 Å². The van der Waals surface area contributed by atoms with Crippen molar-refractivity contribution in [1.82, 2.24) is 0 Å². The predicted molar refractivity (Wildman–Crippen MR) is 112 cm³/mol. The van der Waals surface area contributed by atoms with E-state index in [0.29, 0.717) is 0 Å². The van der Waals surface area contributed by atoms with Crippen molar-refractivity contribution in [1.29, 1.82) is 0 Å². The summed E-state index contributed by atoms with van der Waals surface area (Å²) >= 11 is 0. The van der Waals surface area contributed by atoms with Gasteiger partial charge in [-0.15, -0.1) is 17.2 Å². The summed E-state index contributed by atoms with van der Waals surface area (Å²) < 4.78 is 0. The van der Waals surface area contributed by atoms with Crippen LogP contribution in [0.4, 0.5) is 0 Å². The molecule has 0 aliphatic heterocycles. The molecule has 0 aromatic heterocycles. The minimum atomic E-state index is 0. The van der Waals surface area contributed by atoms with Crippen molar-refractivity contribution in [3.05, 3.63) is 88.0 Å². The second-order valence-electron chi connectivity index (χ2n) is 6.97. The number of benzene rings is 3. The SMILES string of the molecule is Cc1cc(C)cc([O-])c1.Cc1cc(C)cc([O-])c1.Cc1cc(C)cc([O-])c1.[Al+3]. The Bertz CT molecular complexity index is 620. The quantitative estimate of drug-likeness (QED) is 0.549. The zero-order chi connectivity index (χ0) is 20.6. The molecule has 0 bridgehead atoms. The van der Waals surface area contributed by atoms with Gasteiger partial charge in [0.1, 0.15) is 0 Å². The third-order valence-corrected chi connectivity index (χ3v) is 3.59. The first-order chi connectivity index (χ1) is 12.5. The molecule has 0 spiro atoms. The maximum Gasteiger partial charge on any atom is 3.00 e. The molecule has 0 aliphatic carbocycles. The van der Waals surface area contributed by atoms with E-state index in [1.807, 2.05) is 59.7 Å². The van der Waals surface area contributed by atoms with Gasteiger partial charge >= 0.3 is 17.4 Å². The molecule has 144 valence electrons. The van der Waals surface area contributed by atoms with E-state index in [9.17, 15) is 15.3 Å². The van der Waals surface area contributed by atoms with Crippen LogP contribution in [0, 0.1) is 41.5 Å². The van der Waals surface area contributed by atoms with Crippen LogP contribution in [-0.4, -0.2) is 17.4 Å². The molecule has 0 saturated carbocycles. The van der Waals surface area contributed by atoms with Gasteiger partial charge in [0, 0.05) is 0 Å². The van der Waals surface area contributed by atoms with E-state index < -0.39 is 0 Å². The van der Waals surface area contributed by atoms with Crippen molar-refractivity contribution in [2.45, 2.75) is 41.5 Å². The minimum Gasteiger partial charge on any atom is -0.872 e. The van der Waals surface area contributed by atoms with Crippen molar-refractivity contribution in [3.63, 3.8) is 0 Å². The van der Waals surface area contributed by atoms with Gasteiger partial charge in [0.25, 0.3) is 0 Å². The number of hydrogen-bond donors (Lipinski definition) is 0. The Balaban J connectivity index is 0.000000384. The average Bonchev–Trinajstić information content (AvgIpc) is 2.43. The van der Waals surface area contributed by atoms with Gasteiger partial charge in [0.15, 0.2) is 0 Å². The Morgan fingerprint density at radius 1 is 0.357 bits per heavy atom. The summed E-state index contributed by atoms with van der Waals surface area (Å²) in [6.45, 7) is 11.6. The Morgan fingerprint density at radius 2 is 0.500 bits per heavy atom. The van der Waals surface area contributed by atoms with E-state index >= 15 is 0 Å². The maximum absolute atomic E-state index is 10.7. The molecule has 0 fully saturated rings. The van der Waals surface area contributed by atoms with Gasteiger partial charge < -0.3 is 15.3 Å². The van der Waals surface area contributed by atoms with E-state index in [4.69, 9.17) is 0 Å². The molecule has 0 atom stereocenters. The van der Waals surface area contributed by atoms with Crippen LogP contribution in [0.1, 0.15) is 33.4 Å². The molecule has 3 aromatic rings. The number of hydrogen-bond acceptors (Lipinski definition) is 3. The summed E-state index contributed by atoms with van der Waals surface area (Å²) in [5, 5.41) is 32.1. The van der Waals surface area contributed by atoms with E-state index in [0.717, 1.165) is 33.4 Å². The molecule has 0 unspecified atom stereocenters. The fraction of sp³-hybridized carbons (Fsp3) is 0.250. The Labute approximate surface area is 179 Å². The van der Waals surface area contributed by atoms with Crippen LogP contribution in [0.5, 0.6) is 17.2 Å². The van der Waals surface area contributed by atoms with E-state index in [1.165, 1.54) is 0 Å². The molecule has 3 nitrogen and oxygen atoms in total. The van der Waals surface area contributed by atoms with Gasteiger partial charge in [-0.2, -0.15) is 0 Å². The van der Waals surface area contributed by atoms with Crippen molar-refractivity contribution >= 4 is 17.4 Å². The third kappa shape index (κ3) is 10.7. The van der Waals surface area contributed by atoms with Gasteiger partial charge in [-0.3, -0.25) is 0 Å². The average molecular weight is 390 g/mol. The normalized spacial score (nSPS) is 9.21. The number of aryl methyl sites for hydroxylation is 6. The van der Waals surface area contributed by atoms with E-state index in [-0.39, 0.29) is 34.6 Å². The number of rotatable bonds is 0. The van der Waals surface area contributed by atoms with Crippen LogP contribution < -0.4 is 15.3 Å². The van der Waals surface area contributed by atoms with Crippen molar-refractivity contribution in [2.24, 2.45) is 0 Å². The van der Waals surface area contributed by atoms with Gasteiger partial charge in [0.05, 0.1) is 0 Å². The zero-order valence-corrected chi connectivity index (χ0v) is 18.7. The van der Waals surface area contributed by atoms with Gasteiger partial charge in [-0.1, -0.05) is 88.0 Å². The van der Waals surface area contributed by atoms with Crippen LogP contribution in [0.15, 0.2) is 54.6 Å². The third-order valence-electron chi connectivity index (χ3n) is 3.59. The second-order valence-corrected chi connectivity index (χ2v) is 6.97. The summed E-state index contributed by atoms with van der Waals surface area (Å²) in [6.07, 6.45) is 0. The Kier molecular flexibility index (Phi) is 11.1. The van der Waals surface area contributed by atoms with Crippen LogP contribution in [0.3, 0.4) is 0 Å². The fourth-order valence-corrected chi connectivity index (χ4v) is 2.80. The first-order valence-electron chi connectivity index (χ1n) is 8.81. The summed E-state index contributed by atoms with van der Waals surface area (Å²) in [5.41, 5.74) is 6.25. The first kappa shape index (κ1) is 25.6. The monoisotopic (exact) mass is 390 g/mol. The largest absolute Gasteiger partial charge is 3.00 e. The second kappa shape index (κ2) is 12.1. The molecule has 3 rings (SSSR count). The van der Waals surface area contributed by atoms with Crippen LogP contribution in [-0.2, 0) is 0 Å². The van der Waals surface area contributed by atoms with Crippen molar-refractivity contribution < 1.29 is 15.3 Å². The summed E-state index contributed by atoms with van der Waals surface area (Å²) in [5.74, 6) is 0.313. The smallest absolute Gasteiger partial charge is 0.872 e. The molecular weight excluding hydrogens is 363 g/mol. The minimum absolute atomic E-state index is 0. The summed E-state index contributed by atoms with van der Waals surface area (Å²) in [6, 6.07) is 15.8. The first-order valence-corrected chi connectivity index (χ1v) is 8.81. The summed E-state index contributed by atoms with van der Waals surface area (Å²) in [4.78, 5) is 0. The van der Waals surface area contributed by atoms with Crippen LogP contribution in [0.25, 0.3) is 0 Å². The molecule has 0 radical (unpaired) electrons. The molecule has 0 N–H and O–H groups in total. The Morgan fingerprint density at radius 3 is 0.607 bits per heavy atom.